The van der Waals surface area contributed by atoms with Gasteiger partial charge in [0.05, 0.1) is 28.8 Å². The van der Waals surface area contributed by atoms with Gasteiger partial charge in [-0.1, -0.05) is 49.7 Å². The van der Waals surface area contributed by atoms with E-state index in [2.05, 4.69) is 29.2 Å². The Labute approximate surface area is 194 Å². The Bertz CT molecular complexity index is 1210. The van der Waals surface area contributed by atoms with Crippen LogP contribution in [0.3, 0.4) is 0 Å². The number of amides is 1. The number of nitrogens with zero attached hydrogens (tertiary/aromatic N) is 3. The molecule has 6 heteroatoms. The van der Waals surface area contributed by atoms with Gasteiger partial charge in [0.1, 0.15) is 12.4 Å². The summed E-state index contributed by atoms with van der Waals surface area (Å²) in [7, 11) is 0. The fourth-order valence-electron chi connectivity index (χ4n) is 3.64. The van der Waals surface area contributed by atoms with Crippen LogP contribution < -0.4 is 10.1 Å². The molecule has 2 aromatic heterocycles. The van der Waals surface area contributed by atoms with Crippen LogP contribution in [0.5, 0.6) is 5.75 Å². The zero-order valence-corrected chi connectivity index (χ0v) is 19.2. The van der Waals surface area contributed by atoms with E-state index in [1.165, 1.54) is 5.56 Å². The maximum Gasteiger partial charge on any atom is 0.255 e. The van der Waals surface area contributed by atoms with Crippen molar-refractivity contribution < 1.29 is 9.53 Å². The van der Waals surface area contributed by atoms with Crippen LogP contribution in [0.4, 0.5) is 0 Å². The van der Waals surface area contributed by atoms with Gasteiger partial charge >= 0.3 is 0 Å². The third kappa shape index (κ3) is 5.47. The Morgan fingerprint density at radius 3 is 2.61 bits per heavy atom. The second-order valence-corrected chi connectivity index (χ2v) is 8.29. The standard InChI is InChI=1S/C27H28N4O2/c1-19(2)26-25(17-30-31(26)23-12-10-20(3)11-13-23)27(32)29-16-21-7-6-9-24(15-21)33-18-22-8-4-5-14-28-22/h4-15,17,19H,16,18H2,1-3H3,(H,29,32). The number of aryl methyl sites for hydroxylation is 1. The maximum absolute atomic E-state index is 13.0. The summed E-state index contributed by atoms with van der Waals surface area (Å²) in [5, 5.41) is 7.54. The summed E-state index contributed by atoms with van der Waals surface area (Å²) in [6.45, 7) is 6.98. The number of ether oxygens (including phenoxy) is 1. The Balaban J connectivity index is 1.44. The van der Waals surface area contributed by atoms with Gasteiger partial charge in [0, 0.05) is 12.7 Å². The van der Waals surface area contributed by atoms with Crippen LogP contribution in [-0.2, 0) is 13.2 Å². The third-order valence-electron chi connectivity index (χ3n) is 5.34. The van der Waals surface area contributed by atoms with Crippen molar-refractivity contribution in [1.82, 2.24) is 20.1 Å². The molecule has 2 aromatic carbocycles. The molecule has 2 heterocycles. The molecule has 4 rings (SSSR count). The number of nitrogens with one attached hydrogen (secondary N) is 1. The molecule has 33 heavy (non-hydrogen) atoms. The SMILES string of the molecule is Cc1ccc(-n2ncc(C(=O)NCc3cccc(OCc4ccccn4)c3)c2C(C)C)cc1. The number of pyridine rings is 1. The van der Waals surface area contributed by atoms with Gasteiger partial charge in [0.15, 0.2) is 0 Å². The number of carbonyl (C=O) groups is 1. The molecule has 0 bridgehead atoms. The van der Waals surface area contributed by atoms with Crippen molar-refractivity contribution in [1.29, 1.82) is 0 Å². The Hall–Kier alpha value is -3.93. The highest BCUT2D eigenvalue weighted by Gasteiger charge is 2.20. The van der Waals surface area contributed by atoms with Crippen LogP contribution in [-0.4, -0.2) is 20.7 Å². The van der Waals surface area contributed by atoms with Crippen LogP contribution in [0.15, 0.2) is 79.1 Å². The lowest BCUT2D eigenvalue weighted by Crippen LogP contribution is -2.24. The fraction of sp³-hybridized carbons (Fsp3) is 0.222. The van der Waals surface area contributed by atoms with Crippen LogP contribution in [0.2, 0.25) is 0 Å². The van der Waals surface area contributed by atoms with Gasteiger partial charge in [0.25, 0.3) is 5.91 Å². The highest BCUT2D eigenvalue weighted by molar-refractivity contribution is 5.95. The minimum absolute atomic E-state index is 0.137. The van der Waals surface area contributed by atoms with E-state index in [0.717, 1.165) is 28.4 Å². The Morgan fingerprint density at radius 1 is 1.06 bits per heavy atom. The molecular weight excluding hydrogens is 412 g/mol. The fourth-order valence-corrected chi connectivity index (χ4v) is 3.64. The van der Waals surface area contributed by atoms with Crippen molar-refractivity contribution in [3.8, 4) is 11.4 Å². The molecule has 0 fully saturated rings. The van der Waals surface area contributed by atoms with Gasteiger partial charge in [-0.2, -0.15) is 5.10 Å². The highest BCUT2D eigenvalue weighted by Crippen LogP contribution is 2.23. The van der Waals surface area contributed by atoms with Crippen LogP contribution >= 0.6 is 0 Å². The van der Waals surface area contributed by atoms with Gasteiger partial charge in [-0.15, -0.1) is 0 Å². The molecule has 1 N–H and O–H groups in total. The zero-order valence-electron chi connectivity index (χ0n) is 19.2. The molecule has 0 aliphatic heterocycles. The first-order chi connectivity index (χ1) is 16.0. The molecule has 0 aliphatic rings. The first-order valence-electron chi connectivity index (χ1n) is 11.1. The number of hydrogen-bond acceptors (Lipinski definition) is 4. The van der Waals surface area contributed by atoms with Crippen molar-refractivity contribution in [2.24, 2.45) is 0 Å². The average Bonchev–Trinajstić information content (AvgIpc) is 3.28. The summed E-state index contributed by atoms with van der Waals surface area (Å²) in [6, 6.07) is 21.6. The normalized spacial score (nSPS) is 10.9. The Kier molecular flexibility index (Phi) is 6.83. The van der Waals surface area contributed by atoms with Gasteiger partial charge in [-0.05, 0) is 54.8 Å². The third-order valence-corrected chi connectivity index (χ3v) is 5.34. The van der Waals surface area contributed by atoms with Gasteiger partial charge < -0.3 is 10.1 Å². The quantitative estimate of drug-likeness (QED) is 0.408. The maximum atomic E-state index is 13.0. The molecular formula is C27H28N4O2. The summed E-state index contributed by atoms with van der Waals surface area (Å²) in [5.41, 5.74) is 5.43. The molecule has 1 amide bonds. The first-order valence-corrected chi connectivity index (χ1v) is 11.1. The molecule has 168 valence electrons. The monoisotopic (exact) mass is 440 g/mol. The summed E-state index contributed by atoms with van der Waals surface area (Å²) in [4.78, 5) is 17.3. The minimum Gasteiger partial charge on any atom is -0.487 e. The van der Waals surface area contributed by atoms with E-state index in [4.69, 9.17) is 4.74 Å². The first kappa shape index (κ1) is 22.3. The number of benzene rings is 2. The van der Waals surface area contributed by atoms with E-state index in [9.17, 15) is 4.79 Å². The molecule has 4 aromatic rings. The number of aromatic nitrogens is 3. The molecule has 0 atom stereocenters. The summed E-state index contributed by atoms with van der Waals surface area (Å²) >= 11 is 0. The smallest absolute Gasteiger partial charge is 0.255 e. The largest absolute Gasteiger partial charge is 0.487 e. The molecule has 0 aliphatic carbocycles. The van der Waals surface area contributed by atoms with E-state index in [1.54, 1.807) is 12.4 Å². The van der Waals surface area contributed by atoms with Crippen LogP contribution in [0.1, 0.15) is 52.6 Å². The predicted molar refractivity (Wildman–Crippen MR) is 129 cm³/mol. The van der Waals surface area contributed by atoms with Crippen molar-refractivity contribution in [3.63, 3.8) is 0 Å². The van der Waals surface area contributed by atoms with Gasteiger partial charge in [0.2, 0.25) is 0 Å². The predicted octanol–water partition coefficient (Wildman–Crippen LogP) is 5.21. The molecule has 0 unspecified atom stereocenters. The van der Waals surface area contributed by atoms with Crippen LogP contribution in [0, 0.1) is 6.92 Å². The van der Waals surface area contributed by atoms with Crippen molar-refractivity contribution in [3.05, 3.63) is 107 Å². The van der Waals surface area contributed by atoms with Crippen molar-refractivity contribution in [2.75, 3.05) is 0 Å². The van der Waals surface area contributed by atoms with Crippen molar-refractivity contribution in [2.45, 2.75) is 39.8 Å². The molecule has 0 radical (unpaired) electrons. The second kappa shape index (κ2) is 10.1. The topological polar surface area (TPSA) is 69.0 Å². The molecule has 0 spiro atoms. The average molecular weight is 441 g/mol. The zero-order chi connectivity index (χ0) is 23.2. The lowest BCUT2D eigenvalue weighted by molar-refractivity contribution is 0.0949. The summed E-state index contributed by atoms with van der Waals surface area (Å²) in [6.07, 6.45) is 3.40. The lowest BCUT2D eigenvalue weighted by atomic mass is 10.0. The molecule has 6 nitrogen and oxygen atoms in total. The Morgan fingerprint density at radius 2 is 1.88 bits per heavy atom. The highest BCUT2D eigenvalue weighted by atomic mass is 16.5. The lowest BCUT2D eigenvalue weighted by Gasteiger charge is -2.13. The van der Waals surface area contributed by atoms with Crippen LogP contribution in [0.25, 0.3) is 5.69 Å². The number of hydrogen-bond donors (Lipinski definition) is 1. The minimum atomic E-state index is -0.142. The number of carbonyl (C=O) groups excluding carboxylic acids is 1. The summed E-state index contributed by atoms with van der Waals surface area (Å²) < 4.78 is 7.70. The molecule has 0 saturated heterocycles. The van der Waals surface area contributed by atoms with Gasteiger partial charge in [-0.3, -0.25) is 9.78 Å². The second-order valence-electron chi connectivity index (χ2n) is 8.29. The van der Waals surface area contributed by atoms with E-state index in [0.29, 0.717) is 18.7 Å². The van der Waals surface area contributed by atoms with E-state index >= 15 is 0 Å². The number of rotatable bonds is 8. The van der Waals surface area contributed by atoms with E-state index < -0.39 is 0 Å². The van der Waals surface area contributed by atoms with Crippen molar-refractivity contribution >= 4 is 5.91 Å². The van der Waals surface area contributed by atoms with E-state index in [-0.39, 0.29) is 11.8 Å². The molecule has 0 saturated carbocycles. The summed E-state index contributed by atoms with van der Waals surface area (Å²) in [5.74, 6) is 0.734. The van der Waals surface area contributed by atoms with Gasteiger partial charge in [-0.25, -0.2) is 4.68 Å². The van der Waals surface area contributed by atoms with E-state index in [1.807, 2.05) is 78.3 Å².